The van der Waals surface area contributed by atoms with Crippen molar-refractivity contribution in [3.8, 4) is 0 Å². The van der Waals surface area contributed by atoms with Crippen LogP contribution in [0.5, 0.6) is 0 Å². The lowest BCUT2D eigenvalue weighted by atomic mass is 10.2. The van der Waals surface area contributed by atoms with Gasteiger partial charge in [0.15, 0.2) is 0 Å². The number of carbonyl (C=O) groups is 2. The van der Waals surface area contributed by atoms with Gasteiger partial charge in [-0.15, -0.1) is 0 Å². The zero-order valence-electron chi connectivity index (χ0n) is 19.9. The third-order valence-electron chi connectivity index (χ3n) is 5.87. The highest BCUT2D eigenvalue weighted by Gasteiger charge is 2.22. The van der Waals surface area contributed by atoms with E-state index in [1.165, 1.54) is 24.3 Å². The van der Waals surface area contributed by atoms with Crippen LogP contribution in [0.4, 0.5) is 17.1 Å². The second kappa shape index (κ2) is 12.0. The first kappa shape index (κ1) is 25.7. The second-order valence-electron chi connectivity index (χ2n) is 8.39. The Morgan fingerprint density at radius 3 is 2.30 bits per heavy atom. The van der Waals surface area contributed by atoms with Crippen molar-refractivity contribution in [1.29, 1.82) is 0 Å². The molecule has 1 aliphatic rings. The summed E-state index contributed by atoms with van der Waals surface area (Å²) in [6, 6.07) is 21.0. The molecule has 3 aromatic carbocycles. The van der Waals surface area contributed by atoms with E-state index < -0.39 is 10.8 Å². The van der Waals surface area contributed by atoms with E-state index in [-0.39, 0.29) is 11.6 Å². The molecule has 0 unspecified atom stereocenters. The molecule has 1 saturated heterocycles. The van der Waals surface area contributed by atoms with Crippen molar-refractivity contribution >= 4 is 52.6 Å². The average Bonchev–Trinajstić information content (AvgIpc) is 2.91. The molecule has 0 spiro atoms. The maximum absolute atomic E-state index is 12.6. The van der Waals surface area contributed by atoms with Crippen LogP contribution >= 0.6 is 11.6 Å². The predicted octanol–water partition coefficient (Wildman–Crippen LogP) is 5.26. The summed E-state index contributed by atoms with van der Waals surface area (Å²) in [6.07, 6.45) is 6.23. The summed E-state index contributed by atoms with van der Waals surface area (Å²) in [7, 11) is 0. The topological polar surface area (TPSA) is 95.8 Å². The van der Waals surface area contributed by atoms with Crippen molar-refractivity contribution < 1.29 is 14.5 Å². The molecule has 1 fully saturated rings. The summed E-state index contributed by atoms with van der Waals surface area (Å²) in [4.78, 5) is 39.6. The summed E-state index contributed by atoms with van der Waals surface area (Å²) >= 11 is 6.20. The van der Waals surface area contributed by atoms with Gasteiger partial charge in [0.05, 0.1) is 16.3 Å². The number of nitrogens with one attached hydrogen (secondary N) is 1. The highest BCUT2D eigenvalue weighted by Crippen LogP contribution is 2.30. The Morgan fingerprint density at radius 2 is 1.57 bits per heavy atom. The highest BCUT2D eigenvalue weighted by molar-refractivity contribution is 6.31. The van der Waals surface area contributed by atoms with Crippen LogP contribution < -0.4 is 10.2 Å². The summed E-state index contributed by atoms with van der Waals surface area (Å²) in [5, 5.41) is 14.3. The minimum absolute atomic E-state index is 0.0422. The molecule has 1 aliphatic heterocycles. The molecular formula is C28H25ClN4O4. The van der Waals surface area contributed by atoms with Crippen LogP contribution in [-0.4, -0.2) is 47.8 Å². The first-order chi connectivity index (χ1) is 17.9. The number of nitrogens with zero attached hydrogens (tertiary/aromatic N) is 3. The molecule has 0 atom stereocenters. The number of amides is 2. The molecular weight excluding hydrogens is 492 g/mol. The van der Waals surface area contributed by atoms with Gasteiger partial charge in [-0.2, -0.15) is 0 Å². The molecule has 8 nitrogen and oxygen atoms in total. The Morgan fingerprint density at radius 1 is 0.865 bits per heavy atom. The zero-order chi connectivity index (χ0) is 26.2. The van der Waals surface area contributed by atoms with E-state index in [9.17, 15) is 19.7 Å². The molecule has 0 radical (unpaired) electrons. The van der Waals surface area contributed by atoms with Crippen LogP contribution in [0.15, 0.2) is 84.9 Å². The number of piperazine rings is 1. The van der Waals surface area contributed by atoms with Crippen LogP contribution in [0.2, 0.25) is 5.02 Å². The molecule has 188 valence electrons. The van der Waals surface area contributed by atoms with Crippen LogP contribution in [0.25, 0.3) is 12.2 Å². The molecule has 4 rings (SSSR count). The first-order valence-corrected chi connectivity index (χ1v) is 12.1. The van der Waals surface area contributed by atoms with Gasteiger partial charge in [0.2, 0.25) is 11.8 Å². The molecule has 0 aromatic heterocycles. The fourth-order valence-electron chi connectivity index (χ4n) is 3.98. The van der Waals surface area contributed by atoms with Gasteiger partial charge in [0.25, 0.3) is 5.69 Å². The van der Waals surface area contributed by atoms with Gasteiger partial charge >= 0.3 is 0 Å². The number of nitro benzene ring substituents is 1. The fourth-order valence-corrected chi connectivity index (χ4v) is 4.15. The predicted molar refractivity (Wildman–Crippen MR) is 146 cm³/mol. The van der Waals surface area contributed by atoms with Crippen LogP contribution in [-0.2, 0) is 9.59 Å². The van der Waals surface area contributed by atoms with E-state index in [1.54, 1.807) is 35.2 Å². The summed E-state index contributed by atoms with van der Waals surface area (Å²) in [6.45, 7) is 2.28. The third-order valence-corrected chi connectivity index (χ3v) is 6.11. The lowest BCUT2D eigenvalue weighted by Crippen LogP contribution is -2.48. The van der Waals surface area contributed by atoms with Gasteiger partial charge in [-0.1, -0.05) is 54.1 Å². The second-order valence-corrected chi connectivity index (χ2v) is 8.83. The Labute approximate surface area is 219 Å². The molecule has 1 N–H and O–H groups in total. The minimum atomic E-state index is -0.484. The SMILES string of the molecule is O=C(/C=C/c1cccc([N+](=O)[O-])c1)Nc1cc(Cl)ccc1N1CCN(C(=O)/C=C/c2ccccc2)CC1. The van der Waals surface area contributed by atoms with Crippen molar-refractivity contribution in [1.82, 2.24) is 4.90 Å². The molecule has 0 bridgehead atoms. The number of halogens is 1. The number of anilines is 2. The maximum Gasteiger partial charge on any atom is 0.270 e. The van der Waals surface area contributed by atoms with E-state index in [2.05, 4.69) is 10.2 Å². The molecule has 0 saturated carbocycles. The van der Waals surface area contributed by atoms with Gasteiger partial charge < -0.3 is 15.1 Å². The number of nitro groups is 1. The Bertz CT molecular complexity index is 1350. The lowest BCUT2D eigenvalue weighted by molar-refractivity contribution is -0.384. The highest BCUT2D eigenvalue weighted by atomic mass is 35.5. The smallest absolute Gasteiger partial charge is 0.270 e. The number of hydrogen-bond donors (Lipinski definition) is 1. The van der Waals surface area contributed by atoms with Crippen molar-refractivity contribution in [2.75, 3.05) is 36.4 Å². The summed E-state index contributed by atoms with van der Waals surface area (Å²) in [5.41, 5.74) is 2.81. The van der Waals surface area contributed by atoms with Crippen molar-refractivity contribution in [3.05, 3.63) is 111 Å². The average molecular weight is 517 g/mol. The van der Waals surface area contributed by atoms with Crippen LogP contribution in [0, 0.1) is 10.1 Å². The van der Waals surface area contributed by atoms with Gasteiger partial charge in [0, 0.05) is 55.5 Å². The summed E-state index contributed by atoms with van der Waals surface area (Å²) in [5.74, 6) is -0.436. The van der Waals surface area contributed by atoms with E-state index in [0.717, 1.165) is 11.3 Å². The number of rotatable bonds is 7. The monoisotopic (exact) mass is 516 g/mol. The maximum atomic E-state index is 12.6. The molecule has 0 aliphatic carbocycles. The molecule has 1 heterocycles. The van der Waals surface area contributed by atoms with E-state index in [1.807, 2.05) is 42.5 Å². The van der Waals surface area contributed by atoms with E-state index in [4.69, 9.17) is 11.6 Å². The van der Waals surface area contributed by atoms with Crippen molar-refractivity contribution in [2.24, 2.45) is 0 Å². The quantitative estimate of drug-likeness (QED) is 0.262. The summed E-state index contributed by atoms with van der Waals surface area (Å²) < 4.78 is 0. The van der Waals surface area contributed by atoms with Gasteiger partial charge in [0.1, 0.15) is 0 Å². The minimum Gasteiger partial charge on any atom is -0.366 e. The third kappa shape index (κ3) is 7.05. The molecule has 3 aromatic rings. The Kier molecular flexibility index (Phi) is 8.33. The fraction of sp³-hybridized carbons (Fsp3) is 0.143. The lowest BCUT2D eigenvalue weighted by Gasteiger charge is -2.36. The van der Waals surface area contributed by atoms with Gasteiger partial charge in [-0.05, 0) is 41.5 Å². The van der Waals surface area contributed by atoms with Crippen molar-refractivity contribution in [3.63, 3.8) is 0 Å². The number of non-ortho nitro benzene ring substituents is 1. The number of carbonyl (C=O) groups excluding carboxylic acids is 2. The van der Waals surface area contributed by atoms with E-state index in [0.29, 0.717) is 42.5 Å². The Hall–Kier alpha value is -4.43. The molecule has 2 amide bonds. The van der Waals surface area contributed by atoms with E-state index >= 15 is 0 Å². The van der Waals surface area contributed by atoms with Crippen molar-refractivity contribution in [2.45, 2.75) is 0 Å². The largest absolute Gasteiger partial charge is 0.366 e. The molecule has 9 heteroatoms. The van der Waals surface area contributed by atoms with Crippen LogP contribution in [0.1, 0.15) is 11.1 Å². The van der Waals surface area contributed by atoms with Gasteiger partial charge in [-0.3, -0.25) is 19.7 Å². The zero-order valence-corrected chi connectivity index (χ0v) is 20.7. The molecule has 37 heavy (non-hydrogen) atoms. The van der Waals surface area contributed by atoms with Gasteiger partial charge in [-0.25, -0.2) is 0 Å². The standard InChI is InChI=1S/C28H25ClN4O4/c29-23-11-12-26(25(20-23)30-27(34)13-9-22-7-4-8-24(19-22)33(36)37)31-15-17-32(18-16-31)28(35)14-10-21-5-2-1-3-6-21/h1-14,19-20H,15-18H2,(H,30,34)/b13-9+,14-10+. The van der Waals surface area contributed by atoms with Crippen LogP contribution in [0.3, 0.4) is 0 Å². The number of benzene rings is 3. The number of hydrogen-bond acceptors (Lipinski definition) is 5. The Balaban J connectivity index is 1.39. The first-order valence-electron chi connectivity index (χ1n) is 11.7. The normalized spacial score (nSPS) is 13.8.